The zero-order chi connectivity index (χ0) is 20.3. The highest BCUT2D eigenvalue weighted by Gasteiger charge is 2.23. The molecule has 0 amide bonds. The first-order valence-corrected chi connectivity index (χ1v) is 9.75. The van der Waals surface area contributed by atoms with Gasteiger partial charge in [-0.2, -0.15) is 9.97 Å². The van der Waals surface area contributed by atoms with Crippen LogP contribution in [0.1, 0.15) is 39.7 Å². The van der Waals surface area contributed by atoms with Crippen molar-refractivity contribution in [2.45, 2.75) is 51.7 Å². The van der Waals surface area contributed by atoms with Crippen LogP contribution in [0.4, 0.5) is 11.8 Å². The van der Waals surface area contributed by atoms with Crippen molar-refractivity contribution in [2.24, 2.45) is 0 Å². The van der Waals surface area contributed by atoms with E-state index in [4.69, 9.17) is 14.7 Å². The number of hydrogen-bond donors (Lipinski definition) is 2. The lowest BCUT2D eigenvalue weighted by Gasteiger charge is -2.28. The molecule has 152 valence electrons. The monoisotopic (exact) mass is 386 g/mol. The summed E-state index contributed by atoms with van der Waals surface area (Å²) in [5.41, 5.74) is 1.56. The van der Waals surface area contributed by atoms with Crippen LogP contribution in [-0.4, -0.2) is 57.5 Å². The van der Waals surface area contributed by atoms with Crippen LogP contribution in [0, 0.1) is 0 Å². The number of ether oxygens (including phenoxy) is 1. The minimum Gasteiger partial charge on any atom is -0.497 e. The lowest BCUT2D eigenvalue weighted by atomic mass is 10.1. The lowest BCUT2D eigenvalue weighted by molar-refractivity contribution is 0.271. The number of aromatic nitrogens is 4. The summed E-state index contributed by atoms with van der Waals surface area (Å²) in [6, 6.07) is 0.286. The van der Waals surface area contributed by atoms with Gasteiger partial charge in [0.2, 0.25) is 5.95 Å². The zero-order valence-electron chi connectivity index (χ0n) is 17.3. The third-order valence-corrected chi connectivity index (χ3v) is 5.12. The summed E-state index contributed by atoms with van der Waals surface area (Å²) in [5, 5.41) is 12.8. The van der Waals surface area contributed by atoms with Crippen molar-refractivity contribution in [1.29, 1.82) is 0 Å². The van der Waals surface area contributed by atoms with Gasteiger partial charge in [-0.25, -0.2) is 4.98 Å². The van der Waals surface area contributed by atoms with Crippen LogP contribution < -0.4 is 10.2 Å². The number of likely N-dealkylation sites (N-methyl/N-ethyl adjacent to an activating group) is 1. The third-order valence-electron chi connectivity index (χ3n) is 5.12. The molecule has 8 heteroatoms. The van der Waals surface area contributed by atoms with Gasteiger partial charge < -0.3 is 24.6 Å². The van der Waals surface area contributed by atoms with Gasteiger partial charge in [-0.1, -0.05) is 13.0 Å². The molecule has 0 spiro atoms. The fraction of sp³-hybridized carbons (Fsp3) is 0.550. The van der Waals surface area contributed by atoms with Crippen molar-refractivity contribution < 1.29 is 9.84 Å². The molecule has 1 aliphatic rings. The maximum absolute atomic E-state index is 9.56. The van der Waals surface area contributed by atoms with Crippen LogP contribution in [0.25, 0.3) is 11.2 Å². The van der Waals surface area contributed by atoms with Crippen LogP contribution in [0.3, 0.4) is 0 Å². The van der Waals surface area contributed by atoms with E-state index < -0.39 is 0 Å². The van der Waals surface area contributed by atoms with E-state index in [9.17, 15) is 5.11 Å². The van der Waals surface area contributed by atoms with Gasteiger partial charge >= 0.3 is 0 Å². The van der Waals surface area contributed by atoms with Gasteiger partial charge in [0.25, 0.3) is 0 Å². The quantitative estimate of drug-likeness (QED) is 0.721. The number of anilines is 2. The number of nitrogens with one attached hydrogen (secondary N) is 1. The van der Waals surface area contributed by atoms with Crippen molar-refractivity contribution in [2.75, 3.05) is 31.0 Å². The summed E-state index contributed by atoms with van der Waals surface area (Å²) in [6.07, 6.45) is 9.58. The number of methoxy groups -OCH3 is 1. The maximum Gasteiger partial charge on any atom is 0.227 e. The van der Waals surface area contributed by atoms with E-state index >= 15 is 0 Å². The summed E-state index contributed by atoms with van der Waals surface area (Å²) in [5.74, 6) is 2.15. The van der Waals surface area contributed by atoms with Gasteiger partial charge in [0.1, 0.15) is 5.76 Å². The molecule has 0 bridgehead atoms. The Bertz CT molecular complexity index is 869. The number of allylic oxidation sites excluding steroid dienone is 1. The van der Waals surface area contributed by atoms with Crippen LogP contribution in [0.15, 0.2) is 30.3 Å². The Morgan fingerprint density at radius 2 is 2.18 bits per heavy atom. The van der Waals surface area contributed by atoms with Crippen molar-refractivity contribution in [1.82, 2.24) is 19.5 Å². The van der Waals surface area contributed by atoms with Crippen molar-refractivity contribution in [3.05, 3.63) is 30.3 Å². The number of hydrogen-bond acceptors (Lipinski definition) is 7. The predicted octanol–water partition coefficient (Wildman–Crippen LogP) is 2.89. The second-order valence-electron chi connectivity index (χ2n) is 7.30. The van der Waals surface area contributed by atoms with E-state index in [-0.39, 0.29) is 24.7 Å². The molecule has 1 aliphatic carbocycles. The highest BCUT2D eigenvalue weighted by Crippen LogP contribution is 2.29. The van der Waals surface area contributed by atoms with Crippen LogP contribution in [0.5, 0.6) is 0 Å². The lowest BCUT2D eigenvalue weighted by Crippen LogP contribution is -2.32. The van der Waals surface area contributed by atoms with Gasteiger partial charge in [-0.05, 0) is 38.8 Å². The Morgan fingerprint density at radius 1 is 1.39 bits per heavy atom. The Morgan fingerprint density at radius 3 is 2.75 bits per heavy atom. The molecule has 2 heterocycles. The fourth-order valence-electron chi connectivity index (χ4n) is 3.23. The molecule has 28 heavy (non-hydrogen) atoms. The standard InChI is InChI=1S/C20H30N6O2/c1-6-14(11-27)22-20-23-18(17-19(24-20)26(12-21-17)13(2)3)25(4)15-7-9-16(28-5)10-8-15/h7,9-10,12-15,27H,6,8,11H2,1-5H3,(H,22,23,24)/t14-,15?/m1/s1. The summed E-state index contributed by atoms with van der Waals surface area (Å²) >= 11 is 0. The minimum absolute atomic E-state index is 0.0302. The first kappa shape index (κ1) is 20.1. The van der Waals surface area contributed by atoms with E-state index in [0.717, 1.165) is 35.6 Å². The highest BCUT2D eigenvalue weighted by molar-refractivity contribution is 5.85. The molecule has 8 nitrogen and oxygen atoms in total. The summed E-state index contributed by atoms with van der Waals surface area (Å²) in [6.45, 7) is 6.25. The topological polar surface area (TPSA) is 88.3 Å². The average molecular weight is 387 g/mol. The van der Waals surface area contributed by atoms with Crippen molar-refractivity contribution in [3.63, 3.8) is 0 Å². The van der Waals surface area contributed by atoms with Gasteiger partial charge in [0, 0.05) is 13.1 Å². The van der Waals surface area contributed by atoms with E-state index in [1.807, 2.05) is 30.9 Å². The Balaban J connectivity index is 2.02. The Hall–Kier alpha value is -2.61. The molecule has 0 saturated heterocycles. The second kappa shape index (κ2) is 8.60. The summed E-state index contributed by atoms with van der Waals surface area (Å²) < 4.78 is 7.33. The van der Waals surface area contributed by atoms with Crippen molar-refractivity contribution >= 4 is 22.9 Å². The molecule has 2 aromatic rings. The molecule has 3 rings (SSSR count). The van der Waals surface area contributed by atoms with E-state index in [1.165, 1.54) is 0 Å². The molecule has 0 fully saturated rings. The SMILES string of the molecule is CC[C@H](CO)Nc1nc(N(C)C2C=CC(OC)=CC2)c2ncn(C(C)C)c2n1. The Labute approximate surface area is 165 Å². The smallest absolute Gasteiger partial charge is 0.227 e. The molecule has 0 aliphatic heterocycles. The summed E-state index contributed by atoms with van der Waals surface area (Å²) in [4.78, 5) is 16.2. The highest BCUT2D eigenvalue weighted by atomic mass is 16.5. The molecular weight excluding hydrogens is 356 g/mol. The van der Waals surface area contributed by atoms with E-state index in [2.05, 4.69) is 41.2 Å². The molecule has 0 aromatic carbocycles. The predicted molar refractivity (Wildman–Crippen MR) is 112 cm³/mol. The third kappa shape index (κ3) is 3.96. The number of aliphatic hydroxyl groups is 1. The largest absolute Gasteiger partial charge is 0.497 e. The molecule has 0 saturated carbocycles. The molecule has 2 N–H and O–H groups in total. The number of nitrogens with zero attached hydrogens (tertiary/aromatic N) is 5. The Kier molecular flexibility index (Phi) is 6.18. The van der Waals surface area contributed by atoms with E-state index in [0.29, 0.717) is 5.95 Å². The van der Waals surface area contributed by atoms with Crippen LogP contribution in [0.2, 0.25) is 0 Å². The number of fused-ring (bicyclic) bond motifs is 1. The summed E-state index contributed by atoms with van der Waals surface area (Å²) in [7, 11) is 3.69. The number of aliphatic hydroxyl groups excluding tert-OH is 1. The average Bonchev–Trinajstić information content (AvgIpc) is 3.15. The van der Waals surface area contributed by atoms with Gasteiger partial charge in [-0.3, -0.25) is 0 Å². The molecular formula is C20H30N6O2. The first-order valence-electron chi connectivity index (χ1n) is 9.75. The fourth-order valence-corrected chi connectivity index (χ4v) is 3.23. The minimum atomic E-state index is -0.0900. The molecule has 1 unspecified atom stereocenters. The van der Waals surface area contributed by atoms with E-state index in [1.54, 1.807) is 7.11 Å². The van der Waals surface area contributed by atoms with Crippen LogP contribution in [-0.2, 0) is 4.74 Å². The maximum atomic E-state index is 9.56. The van der Waals surface area contributed by atoms with Gasteiger partial charge in [0.15, 0.2) is 17.0 Å². The van der Waals surface area contributed by atoms with Gasteiger partial charge in [0.05, 0.1) is 32.1 Å². The molecule has 2 atom stereocenters. The molecule has 2 aromatic heterocycles. The first-order chi connectivity index (χ1) is 13.5. The van der Waals surface area contributed by atoms with Crippen LogP contribution >= 0.6 is 0 Å². The second-order valence-corrected chi connectivity index (χ2v) is 7.30. The number of imidazole rings is 1. The zero-order valence-corrected chi connectivity index (χ0v) is 17.3. The normalized spacial score (nSPS) is 17.7. The number of rotatable bonds is 8. The molecule has 0 radical (unpaired) electrons. The van der Waals surface area contributed by atoms with Gasteiger partial charge in [-0.15, -0.1) is 0 Å². The van der Waals surface area contributed by atoms with Crippen molar-refractivity contribution in [3.8, 4) is 0 Å².